The van der Waals surface area contributed by atoms with Crippen LogP contribution in [0.15, 0.2) is 11.6 Å². The van der Waals surface area contributed by atoms with Gasteiger partial charge in [0.15, 0.2) is 5.78 Å². The van der Waals surface area contributed by atoms with Crippen LogP contribution in [0.2, 0.25) is 0 Å². The van der Waals surface area contributed by atoms with Crippen molar-refractivity contribution in [2.24, 2.45) is 28.6 Å². The highest BCUT2D eigenvalue weighted by atomic mass is 16.5. The molecule has 0 aromatic carbocycles. The van der Waals surface area contributed by atoms with Gasteiger partial charge < -0.3 is 4.74 Å². The van der Waals surface area contributed by atoms with E-state index in [1.54, 1.807) is 0 Å². The molecule has 0 aromatic heterocycles. The molecule has 0 aliphatic heterocycles. The lowest BCUT2D eigenvalue weighted by molar-refractivity contribution is -0.146. The number of hydrogen-bond acceptors (Lipinski definition) is 3. The summed E-state index contributed by atoms with van der Waals surface area (Å²) >= 11 is 0. The van der Waals surface area contributed by atoms with E-state index < -0.39 is 0 Å². The van der Waals surface area contributed by atoms with Crippen LogP contribution in [0.25, 0.3) is 0 Å². The second-order valence-corrected chi connectivity index (χ2v) is 8.08. The van der Waals surface area contributed by atoms with Gasteiger partial charge in [-0.2, -0.15) is 0 Å². The molecule has 2 saturated carbocycles. The SMILES string of the molecule is CCOC(=O)[C@@H](/C=C1\C(=O)[C@]2(C)CC[C@@H]1C2(C)C)CC(C)C. The maximum atomic E-state index is 12.9. The summed E-state index contributed by atoms with van der Waals surface area (Å²) in [5.74, 6) is 0.448. The first kappa shape index (κ1) is 17.2. The van der Waals surface area contributed by atoms with Gasteiger partial charge in [0.05, 0.1) is 12.5 Å². The molecule has 3 nitrogen and oxygen atoms in total. The molecule has 0 N–H and O–H groups in total. The van der Waals surface area contributed by atoms with Crippen LogP contribution in [-0.2, 0) is 14.3 Å². The van der Waals surface area contributed by atoms with Crippen LogP contribution in [0.4, 0.5) is 0 Å². The number of ether oxygens (including phenoxy) is 1. The minimum Gasteiger partial charge on any atom is -0.466 e. The first-order chi connectivity index (χ1) is 10.1. The van der Waals surface area contributed by atoms with Crippen LogP contribution in [0, 0.1) is 28.6 Å². The summed E-state index contributed by atoms with van der Waals surface area (Å²) in [5, 5.41) is 0. The Balaban J connectivity index is 2.33. The van der Waals surface area contributed by atoms with Crippen LogP contribution in [-0.4, -0.2) is 18.4 Å². The van der Waals surface area contributed by atoms with Crippen molar-refractivity contribution in [3.05, 3.63) is 11.6 Å². The number of esters is 1. The lowest BCUT2D eigenvalue weighted by Crippen LogP contribution is -2.32. The second-order valence-electron chi connectivity index (χ2n) is 8.08. The van der Waals surface area contributed by atoms with E-state index in [0.717, 1.165) is 24.8 Å². The molecule has 22 heavy (non-hydrogen) atoms. The van der Waals surface area contributed by atoms with E-state index in [1.165, 1.54) is 0 Å². The molecule has 0 saturated heterocycles. The maximum Gasteiger partial charge on any atom is 0.312 e. The van der Waals surface area contributed by atoms with Gasteiger partial charge in [-0.05, 0) is 49.0 Å². The van der Waals surface area contributed by atoms with Crippen molar-refractivity contribution in [3.8, 4) is 0 Å². The van der Waals surface area contributed by atoms with E-state index in [0.29, 0.717) is 12.5 Å². The number of rotatable bonds is 5. The molecular weight excluding hydrogens is 276 g/mol. The number of carbonyl (C=O) groups excluding carboxylic acids is 2. The van der Waals surface area contributed by atoms with Gasteiger partial charge in [0.1, 0.15) is 0 Å². The quantitative estimate of drug-likeness (QED) is 0.566. The van der Waals surface area contributed by atoms with Gasteiger partial charge in [-0.3, -0.25) is 9.59 Å². The van der Waals surface area contributed by atoms with Crippen molar-refractivity contribution in [1.82, 2.24) is 0 Å². The molecule has 0 spiro atoms. The Labute approximate surface area is 134 Å². The highest BCUT2D eigenvalue weighted by molar-refractivity contribution is 6.05. The van der Waals surface area contributed by atoms with Crippen LogP contribution < -0.4 is 0 Å². The molecule has 2 bridgehead atoms. The predicted molar refractivity (Wildman–Crippen MR) is 87.3 cm³/mol. The first-order valence-electron chi connectivity index (χ1n) is 8.58. The molecule has 124 valence electrons. The number of ketones is 1. The number of fused-ring (bicyclic) bond motifs is 2. The van der Waals surface area contributed by atoms with Crippen molar-refractivity contribution >= 4 is 11.8 Å². The largest absolute Gasteiger partial charge is 0.466 e. The fraction of sp³-hybridized carbons (Fsp3) is 0.789. The topological polar surface area (TPSA) is 43.4 Å². The van der Waals surface area contributed by atoms with Crippen LogP contribution in [0.1, 0.15) is 60.8 Å². The second kappa shape index (κ2) is 5.82. The number of allylic oxidation sites excluding steroid dienone is 1. The summed E-state index contributed by atoms with van der Waals surface area (Å²) in [5.41, 5.74) is 0.616. The van der Waals surface area contributed by atoms with Crippen LogP contribution in [0.3, 0.4) is 0 Å². The maximum absolute atomic E-state index is 12.9. The Hall–Kier alpha value is -1.12. The van der Waals surface area contributed by atoms with Crippen LogP contribution in [0.5, 0.6) is 0 Å². The smallest absolute Gasteiger partial charge is 0.312 e. The van der Waals surface area contributed by atoms with Gasteiger partial charge in [-0.1, -0.05) is 40.7 Å². The highest BCUT2D eigenvalue weighted by Crippen LogP contribution is 2.65. The molecule has 3 atom stereocenters. The van der Waals surface area contributed by atoms with Crippen molar-refractivity contribution < 1.29 is 14.3 Å². The van der Waals surface area contributed by atoms with E-state index in [1.807, 2.05) is 13.0 Å². The monoisotopic (exact) mass is 306 g/mol. The lowest BCUT2D eigenvalue weighted by Gasteiger charge is -2.31. The minimum absolute atomic E-state index is 0.00699. The van der Waals surface area contributed by atoms with E-state index in [4.69, 9.17) is 4.74 Å². The average molecular weight is 306 g/mol. The molecule has 3 heteroatoms. The van der Waals surface area contributed by atoms with Gasteiger partial charge in [-0.25, -0.2) is 0 Å². The summed E-state index contributed by atoms with van der Waals surface area (Å²) in [6.07, 6.45) is 4.70. The third-order valence-corrected chi connectivity index (χ3v) is 6.06. The predicted octanol–water partition coefficient (Wildman–Crippen LogP) is 4.16. The fourth-order valence-electron chi connectivity index (χ4n) is 4.33. The third kappa shape index (κ3) is 2.53. The average Bonchev–Trinajstić information content (AvgIpc) is 2.72. The van der Waals surface area contributed by atoms with E-state index in [-0.39, 0.29) is 34.4 Å². The summed E-state index contributed by atoms with van der Waals surface area (Å²) in [6, 6.07) is 0. The van der Waals surface area contributed by atoms with Crippen molar-refractivity contribution in [2.45, 2.75) is 60.8 Å². The summed E-state index contributed by atoms with van der Waals surface area (Å²) in [4.78, 5) is 25.1. The Morgan fingerprint density at radius 3 is 2.45 bits per heavy atom. The van der Waals surface area contributed by atoms with E-state index in [9.17, 15) is 9.59 Å². The summed E-state index contributed by atoms with van der Waals surface area (Å²) < 4.78 is 5.21. The molecule has 2 aliphatic carbocycles. The molecule has 0 aromatic rings. The normalized spacial score (nSPS) is 32.8. The first-order valence-corrected chi connectivity index (χ1v) is 8.58. The fourth-order valence-corrected chi connectivity index (χ4v) is 4.33. The van der Waals surface area contributed by atoms with Gasteiger partial charge in [0, 0.05) is 5.41 Å². The Bertz CT molecular complexity index is 501. The molecule has 0 heterocycles. The standard InChI is InChI=1S/C19H30O3/c1-7-22-17(21)13(10-12(2)3)11-14-15-8-9-19(6,16(14)20)18(15,4)5/h11-13,15H,7-10H2,1-6H3/b14-11-/t13-,15+,19+/m1/s1. The summed E-state index contributed by atoms with van der Waals surface area (Å²) in [7, 11) is 0. The molecule has 0 unspecified atom stereocenters. The molecule has 0 radical (unpaired) electrons. The zero-order valence-corrected chi connectivity index (χ0v) is 14.9. The highest BCUT2D eigenvalue weighted by Gasteiger charge is 2.63. The van der Waals surface area contributed by atoms with E-state index in [2.05, 4.69) is 34.6 Å². The van der Waals surface area contributed by atoms with Gasteiger partial charge in [0.25, 0.3) is 0 Å². The van der Waals surface area contributed by atoms with Gasteiger partial charge >= 0.3 is 5.97 Å². The molecular formula is C19H30O3. The Morgan fingerprint density at radius 1 is 1.36 bits per heavy atom. The van der Waals surface area contributed by atoms with Crippen molar-refractivity contribution in [2.75, 3.05) is 6.61 Å². The van der Waals surface area contributed by atoms with Crippen LogP contribution >= 0.6 is 0 Å². The molecule has 2 rings (SSSR count). The Morgan fingerprint density at radius 2 is 2.00 bits per heavy atom. The number of carbonyl (C=O) groups is 2. The van der Waals surface area contributed by atoms with Gasteiger partial charge in [0.2, 0.25) is 0 Å². The summed E-state index contributed by atoms with van der Waals surface area (Å²) in [6.45, 7) is 12.9. The van der Waals surface area contributed by atoms with Gasteiger partial charge in [-0.15, -0.1) is 0 Å². The minimum atomic E-state index is -0.294. The molecule has 2 fully saturated rings. The van der Waals surface area contributed by atoms with E-state index >= 15 is 0 Å². The lowest BCUT2D eigenvalue weighted by atomic mass is 9.70. The molecule has 2 aliphatic rings. The number of hydrogen-bond donors (Lipinski definition) is 0. The zero-order chi connectivity index (χ0) is 16.7. The zero-order valence-electron chi connectivity index (χ0n) is 14.9. The molecule has 0 amide bonds. The third-order valence-electron chi connectivity index (χ3n) is 6.06. The van der Waals surface area contributed by atoms with Crippen molar-refractivity contribution in [1.29, 1.82) is 0 Å². The Kier molecular flexibility index (Phi) is 4.56. The van der Waals surface area contributed by atoms with Crippen molar-refractivity contribution in [3.63, 3.8) is 0 Å². The number of Topliss-reactive ketones (excluding diaryl/α,β-unsaturated/α-hetero) is 1.